The van der Waals surface area contributed by atoms with Crippen LogP contribution in [0.4, 0.5) is 5.69 Å². The van der Waals surface area contributed by atoms with Crippen LogP contribution in [0.15, 0.2) is 47.5 Å². The summed E-state index contributed by atoms with van der Waals surface area (Å²) in [6.07, 6.45) is 10.00. The van der Waals surface area contributed by atoms with E-state index in [4.69, 9.17) is 4.99 Å². The van der Waals surface area contributed by atoms with Gasteiger partial charge in [-0.25, -0.2) is 0 Å². The van der Waals surface area contributed by atoms with Gasteiger partial charge in [-0.1, -0.05) is 52.5 Å². The SMILES string of the molecule is CC1CCC1.CCCC(C)=Nc1ccc(C2CC2)c(P)c1C.[CH2-]C(=O)CC.[CH3-].[V].[c-]1ccccc1. The summed E-state index contributed by atoms with van der Waals surface area (Å²) in [6, 6.07) is 17.0. The number of hydrogen-bond donors (Lipinski definition) is 0. The first-order valence-corrected chi connectivity index (χ1v) is 13.1. The van der Waals surface area contributed by atoms with Crippen LogP contribution < -0.4 is 5.30 Å². The molecule has 0 saturated heterocycles. The van der Waals surface area contributed by atoms with Crippen LogP contribution in [-0.4, -0.2) is 11.5 Å². The number of aliphatic imine (C=N–C) groups is 1. The second-order valence-corrected chi connectivity index (χ2v) is 9.67. The maximum atomic E-state index is 9.70. The van der Waals surface area contributed by atoms with Crippen LogP contribution in [0.3, 0.4) is 0 Å². The van der Waals surface area contributed by atoms with E-state index >= 15 is 0 Å². The molecule has 1 unspecified atom stereocenters. The van der Waals surface area contributed by atoms with Gasteiger partial charge >= 0.3 is 0 Å². The van der Waals surface area contributed by atoms with Crippen molar-refractivity contribution in [2.75, 3.05) is 0 Å². The van der Waals surface area contributed by atoms with E-state index in [0.29, 0.717) is 6.42 Å². The predicted molar refractivity (Wildman–Crippen MR) is 156 cm³/mol. The van der Waals surface area contributed by atoms with Crippen molar-refractivity contribution in [3.05, 3.63) is 74.0 Å². The smallest absolute Gasteiger partial charge is 0.0664 e. The van der Waals surface area contributed by atoms with Gasteiger partial charge in [0, 0.05) is 24.3 Å². The quantitative estimate of drug-likeness (QED) is 0.215. The molecule has 0 bridgehead atoms. The Hall–Kier alpha value is -1.34. The topological polar surface area (TPSA) is 29.4 Å². The second-order valence-electron chi connectivity index (χ2n) is 9.09. The number of hydrogen-bond acceptors (Lipinski definition) is 2. The first-order valence-electron chi connectivity index (χ1n) is 12.5. The van der Waals surface area contributed by atoms with Crippen molar-refractivity contribution in [2.45, 2.75) is 91.9 Å². The summed E-state index contributed by atoms with van der Waals surface area (Å²) >= 11 is 0. The summed E-state index contributed by atoms with van der Waals surface area (Å²) in [5, 5.41) is 1.37. The molecular weight excluding hydrogens is 484 g/mol. The Morgan fingerprint density at radius 2 is 1.66 bits per heavy atom. The van der Waals surface area contributed by atoms with E-state index in [1.165, 1.54) is 60.7 Å². The average molecular weight is 532 g/mol. The van der Waals surface area contributed by atoms with E-state index in [2.05, 4.69) is 62.1 Å². The minimum absolute atomic E-state index is 0. The van der Waals surface area contributed by atoms with E-state index in [9.17, 15) is 4.79 Å². The number of carbonyl (C=O) groups excluding carboxylic acids is 1. The van der Waals surface area contributed by atoms with Gasteiger partial charge in [-0.15, -0.1) is 9.24 Å². The largest absolute Gasteiger partial charge is 0.358 e. The van der Waals surface area contributed by atoms with Gasteiger partial charge in [-0.3, -0.25) is 4.99 Å². The zero-order valence-corrected chi connectivity index (χ0v) is 25.5. The molecule has 0 spiro atoms. The third-order valence-electron chi connectivity index (χ3n) is 5.86. The van der Waals surface area contributed by atoms with Gasteiger partial charge < -0.3 is 19.1 Å². The van der Waals surface area contributed by atoms with Crippen LogP contribution in [-0.2, 0) is 23.4 Å². The molecular formula is C31H47NOPV-3. The number of Topliss-reactive ketones (excluding diaryl/α,β-unsaturated/α-hetero) is 1. The van der Waals surface area contributed by atoms with E-state index in [1.807, 2.05) is 30.3 Å². The number of carbonyl (C=O) groups is 1. The molecule has 0 aromatic heterocycles. The minimum Gasteiger partial charge on any atom is -0.358 e. The van der Waals surface area contributed by atoms with Crippen LogP contribution in [0.5, 0.6) is 0 Å². The molecule has 35 heavy (non-hydrogen) atoms. The molecule has 4 heteroatoms. The summed E-state index contributed by atoms with van der Waals surface area (Å²) in [5.74, 6) is 1.89. The second kappa shape index (κ2) is 20.8. The van der Waals surface area contributed by atoms with E-state index in [-0.39, 0.29) is 31.8 Å². The zero-order chi connectivity index (χ0) is 24.6. The third kappa shape index (κ3) is 16.1. The van der Waals surface area contributed by atoms with Gasteiger partial charge in [-0.2, -0.15) is 36.4 Å². The normalized spacial score (nSPS) is 14.1. The van der Waals surface area contributed by atoms with E-state index < -0.39 is 0 Å². The van der Waals surface area contributed by atoms with E-state index in [1.54, 1.807) is 6.92 Å². The predicted octanol–water partition coefficient (Wildman–Crippen LogP) is 8.81. The van der Waals surface area contributed by atoms with Crippen molar-refractivity contribution in [2.24, 2.45) is 10.9 Å². The molecule has 0 amide bonds. The van der Waals surface area contributed by atoms with E-state index in [0.717, 1.165) is 23.9 Å². The van der Waals surface area contributed by atoms with Gasteiger partial charge in [0.2, 0.25) is 0 Å². The van der Waals surface area contributed by atoms with Gasteiger partial charge in [0.15, 0.2) is 0 Å². The average Bonchev–Trinajstić information content (AvgIpc) is 3.63. The van der Waals surface area contributed by atoms with Crippen molar-refractivity contribution in [3.63, 3.8) is 0 Å². The maximum absolute atomic E-state index is 9.70. The molecule has 4 rings (SSSR count). The molecule has 2 aliphatic carbocycles. The van der Waals surface area contributed by atoms with Crippen LogP contribution in [0, 0.1) is 33.3 Å². The van der Waals surface area contributed by atoms with Crippen LogP contribution in [0.2, 0.25) is 0 Å². The zero-order valence-electron chi connectivity index (χ0n) is 22.9. The fraction of sp³-hybridized carbons (Fsp3) is 0.484. The Bertz CT molecular complexity index is 816. The van der Waals surface area contributed by atoms with Gasteiger partial charge in [0.05, 0.1) is 5.69 Å². The summed E-state index contributed by atoms with van der Waals surface area (Å²) in [7, 11) is 2.91. The van der Waals surface area contributed by atoms with Crippen LogP contribution >= 0.6 is 9.24 Å². The Morgan fingerprint density at radius 3 is 1.97 bits per heavy atom. The summed E-state index contributed by atoms with van der Waals surface area (Å²) < 4.78 is 0. The number of ketones is 1. The minimum atomic E-state index is 0. The van der Waals surface area contributed by atoms with Crippen molar-refractivity contribution in [1.82, 2.24) is 0 Å². The van der Waals surface area contributed by atoms with Crippen molar-refractivity contribution >= 4 is 31.7 Å². The molecule has 2 aromatic carbocycles. The Balaban J connectivity index is 0. The Kier molecular flexibility index (Phi) is 21.3. The van der Waals surface area contributed by atoms with Gasteiger partial charge in [0.25, 0.3) is 0 Å². The molecule has 0 aliphatic heterocycles. The fourth-order valence-electron chi connectivity index (χ4n) is 3.19. The Morgan fingerprint density at radius 1 is 1.11 bits per heavy atom. The van der Waals surface area contributed by atoms with Crippen molar-refractivity contribution < 1.29 is 23.4 Å². The molecule has 2 nitrogen and oxygen atoms in total. The molecule has 2 aromatic rings. The molecule has 195 valence electrons. The number of nitrogens with zero attached hydrogens (tertiary/aromatic N) is 1. The summed E-state index contributed by atoms with van der Waals surface area (Å²) in [6.45, 7) is 13.7. The standard InChI is InChI=1S/C15H22NP.C6H5.C5H10.C4H7O.CH3.V/c1-4-5-10(2)16-14-9-8-13(12-6-7-12)15(17)11(14)3;1-2-4-6-5-3-1;1-5-3-2-4-5;1-3-4(2)5;;/h8-9,12H,4-7,17H2,1-3H3;1-5H;5H,2-4H2,1H3;2-3H2,1H3;1H3;/q;-1;;2*-1;. The maximum Gasteiger partial charge on any atom is 0.0664 e. The Labute approximate surface area is 231 Å². The number of rotatable bonds is 5. The molecule has 2 aliphatic rings. The third-order valence-corrected chi connectivity index (χ3v) is 6.62. The van der Waals surface area contributed by atoms with Crippen molar-refractivity contribution in [1.29, 1.82) is 0 Å². The summed E-state index contributed by atoms with van der Waals surface area (Å²) in [5.41, 5.74) is 5.22. The van der Waals surface area contributed by atoms with Crippen molar-refractivity contribution in [3.8, 4) is 0 Å². The molecule has 1 atom stereocenters. The fourth-order valence-corrected chi connectivity index (χ4v) is 3.67. The first-order chi connectivity index (χ1) is 15.8. The molecule has 0 heterocycles. The van der Waals surface area contributed by atoms with Crippen LogP contribution in [0.25, 0.3) is 0 Å². The molecule has 1 radical (unpaired) electrons. The number of benzene rings is 2. The first kappa shape index (κ1) is 35.8. The molecule has 0 N–H and O–H groups in total. The molecule has 2 fully saturated rings. The monoisotopic (exact) mass is 531 g/mol. The van der Waals surface area contributed by atoms with Gasteiger partial charge in [-0.05, 0) is 79.6 Å². The van der Waals surface area contributed by atoms with Crippen LogP contribution in [0.1, 0.15) is 96.1 Å². The summed E-state index contributed by atoms with van der Waals surface area (Å²) in [4.78, 5) is 14.4. The molecule has 2 saturated carbocycles. The van der Waals surface area contributed by atoms with Gasteiger partial charge in [0.1, 0.15) is 0 Å².